The summed E-state index contributed by atoms with van der Waals surface area (Å²) in [7, 11) is -1.11. The smallest absolute Gasteiger partial charge is 0.455 e. The fourth-order valence-corrected chi connectivity index (χ4v) is 7.11. The van der Waals surface area contributed by atoms with Crippen LogP contribution >= 0.6 is 0 Å². The molecule has 1 aliphatic carbocycles. The number of amides is 2. The fourth-order valence-electron chi connectivity index (χ4n) is 7.11. The quantitative estimate of drug-likeness (QED) is 0.106. The van der Waals surface area contributed by atoms with Crippen LogP contribution in [0.1, 0.15) is 63.9 Å². The van der Waals surface area contributed by atoms with Crippen molar-refractivity contribution in [1.29, 1.82) is 0 Å². The lowest BCUT2D eigenvalue weighted by molar-refractivity contribution is -0.141. The number of ether oxygens (including phenoxy) is 1. The summed E-state index contributed by atoms with van der Waals surface area (Å²) in [5.74, 6) is -3.31. The third kappa shape index (κ3) is 7.70. The minimum absolute atomic E-state index is 0.0489. The summed E-state index contributed by atoms with van der Waals surface area (Å²) in [5.41, 5.74) is 3.48. The predicted octanol–water partition coefficient (Wildman–Crippen LogP) is 5.63. The van der Waals surface area contributed by atoms with Gasteiger partial charge >= 0.3 is 13.1 Å². The van der Waals surface area contributed by atoms with Gasteiger partial charge < -0.3 is 24.6 Å². The van der Waals surface area contributed by atoms with Crippen molar-refractivity contribution < 1.29 is 43.4 Å². The average Bonchev–Trinajstić information content (AvgIpc) is 3.28. The van der Waals surface area contributed by atoms with Crippen LogP contribution in [-0.4, -0.2) is 64.3 Å². The van der Waals surface area contributed by atoms with E-state index in [2.05, 4.69) is 0 Å². The number of carboxylic acid groups (broad SMARTS) is 1. The number of imide groups is 1. The van der Waals surface area contributed by atoms with Crippen LogP contribution in [0.4, 0.5) is 4.39 Å². The number of phenols is 1. The predicted molar refractivity (Wildman–Crippen MR) is 170 cm³/mol. The van der Waals surface area contributed by atoms with Crippen LogP contribution in [-0.2, 0) is 19.0 Å². The number of likely N-dealkylation sites (tertiary alicyclic amines) is 1. The van der Waals surface area contributed by atoms with Crippen LogP contribution in [0.2, 0.25) is 6.32 Å². The summed E-state index contributed by atoms with van der Waals surface area (Å²) in [4.78, 5) is 39.7. The van der Waals surface area contributed by atoms with Gasteiger partial charge in [0, 0.05) is 13.0 Å². The number of para-hydroxylation sites is 1. The number of phenolic OH excluding ortho intramolecular Hbond substituents is 1. The van der Waals surface area contributed by atoms with E-state index in [9.17, 15) is 28.9 Å². The second kappa shape index (κ2) is 15.1. The zero-order valence-electron chi connectivity index (χ0n) is 26.1. The van der Waals surface area contributed by atoms with Gasteiger partial charge in [0.2, 0.25) is 11.8 Å². The fraction of sp³-hybridized carbons (Fsp3) is 0.457. The van der Waals surface area contributed by atoms with E-state index in [-0.39, 0.29) is 37.7 Å². The van der Waals surface area contributed by atoms with Gasteiger partial charge in [-0.05, 0) is 91.7 Å². The van der Waals surface area contributed by atoms with Crippen LogP contribution in [0, 0.1) is 23.6 Å². The second-order valence-corrected chi connectivity index (χ2v) is 12.4. The number of nitrogens with zero attached hydrogens (tertiary/aromatic N) is 1. The van der Waals surface area contributed by atoms with Crippen LogP contribution in [0.3, 0.4) is 0 Å². The lowest BCUT2D eigenvalue weighted by Crippen LogP contribution is -2.46. The number of benzene rings is 2. The lowest BCUT2D eigenvalue weighted by atomic mass is 9.58. The van der Waals surface area contributed by atoms with Gasteiger partial charge in [0.1, 0.15) is 12.4 Å². The summed E-state index contributed by atoms with van der Waals surface area (Å²) in [6, 6.07) is 13.6. The highest BCUT2D eigenvalue weighted by atomic mass is 19.1. The number of halogens is 1. The Morgan fingerprint density at radius 1 is 1.09 bits per heavy atom. The Hall–Kier alpha value is -3.96. The first kappa shape index (κ1) is 33.4. The highest BCUT2D eigenvalue weighted by molar-refractivity contribution is 6.43. The summed E-state index contributed by atoms with van der Waals surface area (Å²) in [6.07, 6.45) is 5.37. The standard InChI is InChI=1S/C35H41BFNO8/c1-2-22(17-23-12-14-29(39)28(37)18-23)13-15-30-32-24(21-45-25-9-5-3-6-10-25)19-26-33(27(32)20-36(44)46-30)35(43)38(34(26)42)16-8-4-7-11-31(40)41/h3,5-6,9-10,12,14,17-18,26-27,30,33,39,44H,2,4,7-8,11,13,15-16,19-21H2,1H3,(H,40,41)/b22-17+/t26-,27+,30-,33-/m1/s1. The monoisotopic (exact) mass is 633 g/mol. The van der Waals surface area contributed by atoms with Crippen molar-refractivity contribution in [2.45, 2.75) is 70.7 Å². The van der Waals surface area contributed by atoms with Gasteiger partial charge in [-0.25, -0.2) is 4.39 Å². The van der Waals surface area contributed by atoms with Crippen LogP contribution in [0.5, 0.6) is 11.5 Å². The van der Waals surface area contributed by atoms with E-state index in [1.54, 1.807) is 6.07 Å². The van der Waals surface area contributed by atoms with Gasteiger partial charge in [0.15, 0.2) is 11.6 Å². The molecule has 2 heterocycles. The van der Waals surface area contributed by atoms with E-state index in [4.69, 9.17) is 14.5 Å². The molecular weight excluding hydrogens is 592 g/mol. The Bertz CT molecular complexity index is 1490. The van der Waals surface area contributed by atoms with Gasteiger partial charge in [-0.2, -0.15) is 0 Å². The number of carboxylic acids is 1. The maximum absolute atomic E-state index is 14.0. The molecule has 0 unspecified atom stereocenters. The highest BCUT2D eigenvalue weighted by Crippen LogP contribution is 2.50. The van der Waals surface area contributed by atoms with Gasteiger partial charge in [-0.15, -0.1) is 0 Å². The molecule has 3 N–H and O–H groups in total. The number of aliphatic carboxylic acids is 1. The summed E-state index contributed by atoms with van der Waals surface area (Å²) in [6.45, 7) is 2.47. The third-order valence-electron chi connectivity index (χ3n) is 9.35. The number of fused-ring (bicyclic) bond motifs is 3. The molecule has 2 aliphatic heterocycles. The summed E-state index contributed by atoms with van der Waals surface area (Å²) in [5, 5.41) is 29.4. The number of rotatable bonds is 14. The Morgan fingerprint density at radius 2 is 1.87 bits per heavy atom. The minimum Gasteiger partial charge on any atom is -0.505 e. The first-order valence-electron chi connectivity index (χ1n) is 16.1. The zero-order chi connectivity index (χ0) is 32.8. The van der Waals surface area contributed by atoms with Crippen molar-refractivity contribution in [3.05, 3.63) is 76.6 Å². The van der Waals surface area contributed by atoms with Gasteiger partial charge in [-0.3, -0.25) is 19.3 Å². The molecule has 0 saturated carbocycles. The highest BCUT2D eigenvalue weighted by Gasteiger charge is 2.57. The first-order chi connectivity index (χ1) is 22.2. The maximum atomic E-state index is 14.0. The molecule has 4 atom stereocenters. The number of unbranched alkanes of at least 4 members (excludes halogenated alkanes) is 2. The molecule has 11 heteroatoms. The molecular formula is C35H41BFNO8. The molecule has 2 saturated heterocycles. The summed E-state index contributed by atoms with van der Waals surface area (Å²) < 4.78 is 26.3. The number of hydrogen-bond acceptors (Lipinski definition) is 7. The molecule has 0 aromatic heterocycles. The Labute approximate surface area is 268 Å². The number of carbonyl (C=O) groups excluding carboxylic acids is 2. The van der Waals surface area contributed by atoms with E-state index >= 15 is 0 Å². The number of aromatic hydroxyl groups is 1. The van der Waals surface area contributed by atoms with Crippen molar-refractivity contribution in [2.24, 2.45) is 17.8 Å². The summed E-state index contributed by atoms with van der Waals surface area (Å²) >= 11 is 0. The van der Waals surface area contributed by atoms with Crippen molar-refractivity contribution >= 4 is 31.0 Å². The number of allylic oxidation sites excluding steroid dienone is 1. The average molecular weight is 634 g/mol. The Morgan fingerprint density at radius 3 is 2.59 bits per heavy atom. The number of carbonyl (C=O) groups is 3. The molecule has 5 rings (SSSR count). The SMILES string of the molecule is CC/C(=C\c1ccc(O)c(F)c1)CC[C@H]1OB(O)C[C@H]2C1=C(COc1ccccc1)C[C@H]1C(=O)N(CCCCCC(=O)O)C(=O)[C@H]12. The first-order valence-corrected chi connectivity index (χ1v) is 16.1. The van der Waals surface area contributed by atoms with Crippen molar-refractivity contribution in [1.82, 2.24) is 4.90 Å². The maximum Gasteiger partial charge on any atom is 0.455 e. The molecule has 0 radical (unpaired) electrons. The van der Waals surface area contributed by atoms with E-state index in [0.717, 1.165) is 16.7 Å². The molecule has 0 spiro atoms. The Kier molecular flexibility index (Phi) is 11.0. The second-order valence-electron chi connectivity index (χ2n) is 12.4. The van der Waals surface area contributed by atoms with Crippen molar-refractivity contribution in [3.63, 3.8) is 0 Å². The lowest BCUT2D eigenvalue weighted by Gasteiger charge is -2.43. The molecule has 9 nitrogen and oxygen atoms in total. The normalized spacial score (nSPS) is 23.1. The van der Waals surface area contributed by atoms with E-state index in [1.165, 1.54) is 17.0 Å². The third-order valence-corrected chi connectivity index (χ3v) is 9.35. The van der Waals surface area contributed by atoms with E-state index in [1.807, 2.05) is 43.3 Å². The van der Waals surface area contributed by atoms with Crippen molar-refractivity contribution in [3.8, 4) is 11.5 Å². The molecule has 2 aromatic carbocycles. The van der Waals surface area contributed by atoms with E-state index < -0.39 is 48.5 Å². The Balaban J connectivity index is 1.39. The zero-order valence-corrected chi connectivity index (χ0v) is 26.1. The van der Waals surface area contributed by atoms with Crippen molar-refractivity contribution in [2.75, 3.05) is 13.2 Å². The molecule has 2 aromatic rings. The van der Waals surface area contributed by atoms with Gasteiger partial charge in [0.05, 0.1) is 17.9 Å². The minimum atomic E-state index is -1.11. The number of hydrogen-bond donors (Lipinski definition) is 3. The molecule has 2 amide bonds. The van der Waals surface area contributed by atoms with Crippen LogP contribution < -0.4 is 4.74 Å². The van der Waals surface area contributed by atoms with Gasteiger partial charge in [0.25, 0.3) is 0 Å². The molecule has 2 fully saturated rings. The largest absolute Gasteiger partial charge is 0.505 e. The molecule has 46 heavy (non-hydrogen) atoms. The van der Waals surface area contributed by atoms with Gasteiger partial charge in [-0.1, -0.05) is 49.3 Å². The molecule has 244 valence electrons. The van der Waals surface area contributed by atoms with E-state index in [0.29, 0.717) is 56.3 Å². The van der Waals surface area contributed by atoms with Crippen LogP contribution in [0.25, 0.3) is 6.08 Å². The molecule has 0 bridgehead atoms. The topological polar surface area (TPSA) is 134 Å². The molecule has 3 aliphatic rings. The van der Waals surface area contributed by atoms with Crippen LogP contribution in [0.15, 0.2) is 65.3 Å².